The average molecular weight is 576 g/mol. The quantitative estimate of drug-likeness (QED) is 0.122. The molecule has 0 heterocycles. The van der Waals surface area contributed by atoms with Crippen molar-refractivity contribution in [1.29, 1.82) is 0 Å². The molecule has 27 heavy (non-hydrogen) atoms. The van der Waals surface area contributed by atoms with E-state index < -0.39 is 11.4 Å². The van der Waals surface area contributed by atoms with E-state index in [0.717, 1.165) is 42.5 Å². The molecule has 0 saturated heterocycles. The molecule has 0 aromatic heterocycles. The summed E-state index contributed by atoms with van der Waals surface area (Å²) in [5.74, 6) is -0.927. The second kappa shape index (κ2) is 13.8. The molecule has 2 amide bonds. The molecule has 0 rings (SSSR count). The summed E-state index contributed by atoms with van der Waals surface area (Å²) in [6, 6.07) is 0. The van der Waals surface area contributed by atoms with Crippen molar-refractivity contribution >= 4 is 49.8 Å². The standard InChI is InChI=1S/C18H30N3O5.Pb/c1-13(14(2)26-17(25)9-19)7-5-6-8-15(23)20-10-16(24)21-11-18(3,4)12-22;/h6,8,12-14H,2,5,7,9-11,19H2,1,3-4H3,(H,20,23)(H,21,24);/b8-6+;. The number of nitrogens with two attached hydrogens (primary N) is 1. The van der Waals surface area contributed by atoms with E-state index >= 15 is 0 Å². The fraction of sp³-hybridized carbons (Fsp3) is 0.667. The summed E-state index contributed by atoms with van der Waals surface area (Å²) in [6.07, 6.45) is 5.19. The molecule has 9 heteroatoms. The van der Waals surface area contributed by atoms with E-state index in [1.807, 2.05) is 6.92 Å². The van der Waals surface area contributed by atoms with Crippen molar-refractivity contribution in [2.24, 2.45) is 17.1 Å². The van der Waals surface area contributed by atoms with Crippen molar-refractivity contribution in [2.75, 3.05) is 19.6 Å². The van der Waals surface area contributed by atoms with Crippen LogP contribution in [-0.2, 0) is 23.9 Å². The fourth-order valence-electron chi connectivity index (χ4n) is 1.97. The van der Waals surface area contributed by atoms with Crippen LogP contribution in [0.3, 0.4) is 0 Å². The SMILES string of the molecule is CC(CC/C=C/C(=O)NCC(=O)NCC(C)(C)C=O)C([CH2][Pb])OC(=O)CN. The Labute approximate surface area is 176 Å². The second-order valence-corrected chi connectivity index (χ2v) is 8.58. The third-order valence-electron chi connectivity index (χ3n) is 3.83. The van der Waals surface area contributed by atoms with Crippen LogP contribution in [0.15, 0.2) is 12.2 Å². The number of allylic oxidation sites excluding steroid dienone is 1. The van der Waals surface area contributed by atoms with E-state index in [2.05, 4.69) is 10.6 Å². The van der Waals surface area contributed by atoms with Gasteiger partial charge < -0.3 is 4.79 Å². The molecular weight excluding hydrogens is 545 g/mol. The average Bonchev–Trinajstić information content (AvgIpc) is 2.65. The van der Waals surface area contributed by atoms with Crippen molar-refractivity contribution in [3.05, 3.63) is 12.2 Å². The Bertz CT molecular complexity index is 537. The van der Waals surface area contributed by atoms with Gasteiger partial charge in [-0.2, -0.15) is 0 Å². The zero-order valence-electron chi connectivity index (χ0n) is 16.2. The third kappa shape index (κ3) is 12.7. The van der Waals surface area contributed by atoms with Crippen LogP contribution in [0.5, 0.6) is 0 Å². The van der Waals surface area contributed by atoms with Crippen LogP contribution in [0.25, 0.3) is 0 Å². The van der Waals surface area contributed by atoms with E-state index in [-0.39, 0.29) is 43.5 Å². The van der Waals surface area contributed by atoms with Gasteiger partial charge in [-0.3, -0.25) is 0 Å². The van der Waals surface area contributed by atoms with Crippen molar-refractivity contribution < 1.29 is 23.9 Å². The summed E-state index contributed by atoms with van der Waals surface area (Å²) in [7, 11) is 0. The van der Waals surface area contributed by atoms with Crippen LogP contribution < -0.4 is 16.4 Å². The number of esters is 1. The van der Waals surface area contributed by atoms with E-state index in [4.69, 9.17) is 10.5 Å². The summed E-state index contributed by atoms with van der Waals surface area (Å²) >= 11 is 0.923. The van der Waals surface area contributed by atoms with Crippen LogP contribution in [0, 0.1) is 11.3 Å². The molecule has 0 bridgehead atoms. The minimum absolute atomic E-state index is 0.120. The second-order valence-electron chi connectivity index (χ2n) is 6.99. The van der Waals surface area contributed by atoms with Gasteiger partial charge in [0.05, 0.1) is 0 Å². The number of aldehydes is 1. The van der Waals surface area contributed by atoms with Gasteiger partial charge in [-0.25, -0.2) is 0 Å². The minimum atomic E-state index is -0.631. The summed E-state index contributed by atoms with van der Waals surface area (Å²) in [6.45, 7) is 5.38. The van der Waals surface area contributed by atoms with Crippen LogP contribution in [0.2, 0.25) is 3.98 Å². The molecular formula is C18H30N3O5Pb. The molecule has 0 aromatic carbocycles. The number of nitrogens with one attached hydrogen (secondary N) is 2. The Hall–Kier alpha value is -1.30. The van der Waals surface area contributed by atoms with Gasteiger partial charge in [0, 0.05) is 12.0 Å². The third-order valence-corrected chi connectivity index (χ3v) is 5.39. The topological polar surface area (TPSA) is 128 Å². The maximum atomic E-state index is 11.7. The van der Waals surface area contributed by atoms with E-state index in [9.17, 15) is 19.2 Å². The molecule has 151 valence electrons. The zero-order chi connectivity index (χ0) is 20.9. The first kappa shape index (κ1) is 25.7. The van der Waals surface area contributed by atoms with Crippen molar-refractivity contribution in [1.82, 2.24) is 10.6 Å². The maximum absolute atomic E-state index is 11.7. The molecule has 8 nitrogen and oxygen atoms in total. The molecule has 4 N–H and O–H groups in total. The Morgan fingerprint density at radius 1 is 1.26 bits per heavy atom. The van der Waals surface area contributed by atoms with Gasteiger partial charge in [0.15, 0.2) is 0 Å². The molecule has 3 radical (unpaired) electrons. The first-order chi connectivity index (χ1) is 12.6. The van der Waals surface area contributed by atoms with Crippen LogP contribution in [-0.4, -0.2) is 75.6 Å². The van der Waals surface area contributed by atoms with Gasteiger partial charge in [-0.1, -0.05) is 13.8 Å². The number of carbonyl (C=O) groups excluding carboxylic acids is 4. The number of rotatable bonds is 13. The molecule has 0 spiro atoms. The first-order valence-electron chi connectivity index (χ1n) is 8.86. The van der Waals surface area contributed by atoms with Crippen LogP contribution in [0.4, 0.5) is 0 Å². The molecule has 2 atom stereocenters. The molecule has 0 saturated carbocycles. The molecule has 2 unspecified atom stereocenters. The Balaban J connectivity index is 4.11. The van der Waals surface area contributed by atoms with Gasteiger partial charge in [-0.05, 0) is 0 Å². The monoisotopic (exact) mass is 576 g/mol. The summed E-state index contributed by atoms with van der Waals surface area (Å²) in [4.78, 5) is 45.4. The van der Waals surface area contributed by atoms with Gasteiger partial charge in [0.2, 0.25) is 0 Å². The summed E-state index contributed by atoms with van der Waals surface area (Å²) in [5.41, 5.74) is 4.63. The summed E-state index contributed by atoms with van der Waals surface area (Å²) in [5, 5.41) is 5.08. The predicted octanol–water partition coefficient (Wildman–Crippen LogP) is -0.126. The molecule has 0 aliphatic carbocycles. The molecule has 0 aliphatic rings. The van der Waals surface area contributed by atoms with Gasteiger partial charge in [-0.15, -0.1) is 0 Å². The Kier molecular flexibility index (Phi) is 13.1. The van der Waals surface area contributed by atoms with Crippen molar-refractivity contribution in [3.8, 4) is 0 Å². The van der Waals surface area contributed by atoms with Crippen LogP contribution >= 0.6 is 0 Å². The van der Waals surface area contributed by atoms with Gasteiger partial charge in [0.25, 0.3) is 0 Å². The van der Waals surface area contributed by atoms with E-state index in [0.29, 0.717) is 6.42 Å². The number of hydrogen-bond donors (Lipinski definition) is 3. The Morgan fingerprint density at radius 3 is 2.48 bits per heavy atom. The zero-order valence-corrected chi connectivity index (χ0v) is 20.1. The number of amides is 2. The van der Waals surface area contributed by atoms with Crippen molar-refractivity contribution in [2.45, 2.75) is 43.7 Å². The van der Waals surface area contributed by atoms with Crippen molar-refractivity contribution in [3.63, 3.8) is 0 Å². The van der Waals surface area contributed by atoms with Gasteiger partial charge >= 0.3 is 140 Å². The summed E-state index contributed by atoms with van der Waals surface area (Å²) < 4.78 is 6.15. The molecule has 0 aliphatic heterocycles. The Morgan fingerprint density at radius 2 is 1.93 bits per heavy atom. The molecule has 0 aromatic rings. The van der Waals surface area contributed by atoms with Crippen LogP contribution in [0.1, 0.15) is 33.6 Å². The number of carbonyl (C=O) groups is 4. The normalized spacial score (nSPS) is 13.7. The number of ether oxygens (including phenoxy) is 1. The van der Waals surface area contributed by atoms with E-state index in [1.165, 1.54) is 6.08 Å². The predicted molar refractivity (Wildman–Crippen MR) is 103 cm³/mol. The van der Waals surface area contributed by atoms with E-state index in [1.54, 1.807) is 19.9 Å². The van der Waals surface area contributed by atoms with Gasteiger partial charge in [0.1, 0.15) is 6.29 Å². The number of hydrogen-bond acceptors (Lipinski definition) is 6. The molecule has 0 fully saturated rings. The fourth-order valence-corrected chi connectivity index (χ4v) is 3.86. The first-order valence-corrected chi connectivity index (χ1v) is 11.6.